The lowest BCUT2D eigenvalue weighted by atomic mass is 9.44. The van der Waals surface area contributed by atoms with E-state index in [4.69, 9.17) is 18.9 Å². The fourth-order valence-electron chi connectivity index (χ4n) is 15.6. The number of hydrogen-bond acceptors (Lipinski definition) is 9. The van der Waals surface area contributed by atoms with Crippen molar-refractivity contribution in [2.24, 2.45) is 45.8 Å². The third-order valence-corrected chi connectivity index (χ3v) is 20.7. The maximum atomic E-state index is 13.6. The summed E-state index contributed by atoms with van der Waals surface area (Å²) < 4.78 is 23.4. The molecule has 9 heteroatoms. The van der Waals surface area contributed by atoms with Crippen LogP contribution in [0.15, 0.2) is 0 Å². The molecular formula is C70H124O9. The summed E-state index contributed by atoms with van der Waals surface area (Å²) in [6.07, 6.45) is 50.8. The van der Waals surface area contributed by atoms with Gasteiger partial charge in [-0.15, -0.1) is 0 Å². The lowest BCUT2D eigenvalue weighted by molar-refractivity contribution is -0.173. The fourth-order valence-corrected chi connectivity index (χ4v) is 15.6. The second-order valence-electron chi connectivity index (χ2n) is 27.6. The highest BCUT2D eigenvalue weighted by molar-refractivity contribution is 5.79. The van der Waals surface area contributed by atoms with Crippen molar-refractivity contribution in [3.05, 3.63) is 0 Å². The number of ether oxygens (including phenoxy) is 4. The Hall–Kier alpha value is -2.45. The summed E-state index contributed by atoms with van der Waals surface area (Å²) in [6.45, 7) is 14.9. The zero-order chi connectivity index (χ0) is 57.2. The number of rotatable bonds is 46. The van der Waals surface area contributed by atoms with E-state index in [9.17, 15) is 24.0 Å². The Morgan fingerprint density at radius 3 is 1.33 bits per heavy atom. The van der Waals surface area contributed by atoms with Crippen LogP contribution in [0.25, 0.3) is 0 Å². The number of esters is 4. The number of fused-ring (bicyclic) bond motifs is 5. The topological polar surface area (TPSA) is 122 Å². The Bertz CT molecular complexity index is 1640. The van der Waals surface area contributed by atoms with Crippen LogP contribution in [0.2, 0.25) is 0 Å². The molecular weight excluding hydrogens is 985 g/mol. The average Bonchev–Trinajstić information content (AvgIpc) is 3.84. The fraction of sp³-hybridized carbons (Fsp3) is 0.929. The summed E-state index contributed by atoms with van der Waals surface area (Å²) in [5.41, 5.74) is -0.210. The number of unbranched alkanes of at least 4 members (excludes halogenated alkanes) is 30. The number of ketones is 1. The maximum absolute atomic E-state index is 13.6. The minimum atomic E-state index is -0.844. The van der Waals surface area contributed by atoms with Gasteiger partial charge in [0.05, 0.1) is 5.41 Å². The zero-order valence-corrected chi connectivity index (χ0v) is 52.7. The van der Waals surface area contributed by atoms with E-state index in [2.05, 4.69) is 27.7 Å². The van der Waals surface area contributed by atoms with Gasteiger partial charge >= 0.3 is 23.9 Å². The highest BCUT2D eigenvalue weighted by Gasteiger charge is 2.61. The van der Waals surface area contributed by atoms with Crippen molar-refractivity contribution in [1.29, 1.82) is 0 Å². The first-order valence-corrected chi connectivity index (χ1v) is 34.4. The Balaban J connectivity index is 1.07. The summed E-state index contributed by atoms with van der Waals surface area (Å²) in [5, 5.41) is 0. The number of carbonyl (C=O) groups excluding carboxylic acids is 5. The van der Waals surface area contributed by atoms with Crippen LogP contribution in [0.3, 0.4) is 0 Å². The molecule has 4 fully saturated rings. The second-order valence-corrected chi connectivity index (χ2v) is 27.6. The summed E-state index contributed by atoms with van der Waals surface area (Å²) in [5.74, 6) is 2.50. The van der Waals surface area contributed by atoms with E-state index in [1.807, 2.05) is 20.8 Å². The van der Waals surface area contributed by atoms with Gasteiger partial charge in [-0.2, -0.15) is 0 Å². The molecule has 0 bridgehead atoms. The smallest absolute Gasteiger partial charge is 0.312 e. The second kappa shape index (κ2) is 39.2. The Morgan fingerprint density at radius 1 is 0.468 bits per heavy atom. The molecule has 0 unspecified atom stereocenters. The van der Waals surface area contributed by atoms with Crippen molar-refractivity contribution in [3.8, 4) is 0 Å². The standard InChI is InChI=1S/C70H124O9/c1-8-10-12-14-16-18-20-22-24-26-29-33-37-41-64(72)76-54-59(55-77-65(73)42-38-34-30-27-25-23-21-19-17-15-13-11-9-2)79-67(75)68(4,5)50-40-36-32-28-31-35-39-43-66(74)78-58-48-51-69(6)57(53-58)44-45-60-62-47-46-61(56(3)71)70(62,7)52-49-63(60)69/h57-63H,8-55H2,1-7H3/t57-,58+,60-,61+,62-,63-,69-,70+/m0/s1. The Morgan fingerprint density at radius 2 is 0.873 bits per heavy atom. The summed E-state index contributed by atoms with van der Waals surface area (Å²) >= 11 is 0. The average molecular weight is 1110 g/mol. The first-order chi connectivity index (χ1) is 38.1. The molecule has 8 atom stereocenters. The molecule has 0 spiro atoms. The molecule has 4 aliphatic rings. The van der Waals surface area contributed by atoms with E-state index in [1.165, 1.54) is 161 Å². The van der Waals surface area contributed by atoms with Crippen LogP contribution in [0.1, 0.15) is 344 Å². The van der Waals surface area contributed by atoms with Crippen molar-refractivity contribution in [3.63, 3.8) is 0 Å². The van der Waals surface area contributed by atoms with E-state index < -0.39 is 11.5 Å². The van der Waals surface area contributed by atoms with E-state index in [-0.39, 0.29) is 54.5 Å². The Kier molecular flexibility index (Phi) is 34.2. The molecule has 79 heavy (non-hydrogen) atoms. The van der Waals surface area contributed by atoms with Gasteiger partial charge in [-0.25, -0.2) is 0 Å². The SMILES string of the molecule is CCCCCCCCCCCCCCCC(=O)OCC(COC(=O)CCCCCCCCCCCCCCC)OC(=O)C(C)(C)CCCCCCCCCC(=O)O[C@@H]1CC[C@@]2(C)[C@@H](CC[C@@H]3[C@@H]2CC[C@]2(C)[C@@H](C(C)=O)CC[C@@H]32)C1. The molecule has 0 aromatic carbocycles. The van der Waals surface area contributed by atoms with Crippen LogP contribution in [0, 0.1) is 45.8 Å². The summed E-state index contributed by atoms with van der Waals surface area (Å²) in [6, 6.07) is 0. The van der Waals surface area contributed by atoms with Crippen LogP contribution in [-0.2, 0) is 42.9 Å². The molecule has 0 amide bonds. The molecule has 0 aromatic rings. The molecule has 4 saturated carbocycles. The van der Waals surface area contributed by atoms with Crippen molar-refractivity contribution in [2.45, 2.75) is 356 Å². The molecule has 0 aliphatic heterocycles. The molecule has 458 valence electrons. The van der Waals surface area contributed by atoms with Crippen LogP contribution in [0.5, 0.6) is 0 Å². The van der Waals surface area contributed by atoms with Gasteiger partial charge in [0, 0.05) is 25.2 Å². The van der Waals surface area contributed by atoms with Gasteiger partial charge < -0.3 is 18.9 Å². The molecule has 4 rings (SSSR count). The quantitative estimate of drug-likeness (QED) is 0.0333. The summed E-state index contributed by atoms with van der Waals surface area (Å²) in [7, 11) is 0. The molecule has 0 heterocycles. The van der Waals surface area contributed by atoms with Crippen molar-refractivity contribution in [1.82, 2.24) is 0 Å². The van der Waals surface area contributed by atoms with Crippen LogP contribution < -0.4 is 0 Å². The van der Waals surface area contributed by atoms with Gasteiger partial charge in [-0.3, -0.25) is 24.0 Å². The lowest BCUT2D eigenvalue weighted by Crippen LogP contribution is -2.54. The molecule has 4 aliphatic carbocycles. The van der Waals surface area contributed by atoms with E-state index in [0.29, 0.717) is 48.7 Å². The van der Waals surface area contributed by atoms with Crippen molar-refractivity contribution in [2.75, 3.05) is 13.2 Å². The van der Waals surface area contributed by atoms with E-state index >= 15 is 0 Å². The van der Waals surface area contributed by atoms with Crippen LogP contribution in [-0.4, -0.2) is 55.1 Å². The summed E-state index contributed by atoms with van der Waals surface area (Å²) in [4.78, 5) is 65.0. The number of Topliss-reactive ketones (excluding diaryl/α,β-unsaturated/α-hetero) is 1. The molecule has 0 radical (unpaired) electrons. The highest BCUT2D eigenvalue weighted by atomic mass is 16.6. The Labute approximate surface area is 485 Å². The van der Waals surface area contributed by atoms with Gasteiger partial charge in [0.25, 0.3) is 0 Å². The first-order valence-electron chi connectivity index (χ1n) is 34.4. The van der Waals surface area contributed by atoms with Crippen LogP contribution in [0.4, 0.5) is 0 Å². The predicted octanol–water partition coefficient (Wildman–Crippen LogP) is 19.6. The van der Waals surface area contributed by atoms with E-state index in [0.717, 1.165) is 121 Å². The minimum absolute atomic E-state index is 0.0281. The van der Waals surface area contributed by atoms with Gasteiger partial charge in [0.1, 0.15) is 25.1 Å². The lowest BCUT2D eigenvalue weighted by Gasteiger charge is -2.61. The minimum Gasteiger partial charge on any atom is -0.462 e. The van der Waals surface area contributed by atoms with E-state index in [1.54, 1.807) is 0 Å². The normalized spacial score (nSPS) is 24.6. The largest absolute Gasteiger partial charge is 0.462 e. The molecule has 0 aromatic heterocycles. The monoisotopic (exact) mass is 1110 g/mol. The highest BCUT2D eigenvalue weighted by Crippen LogP contribution is 2.67. The van der Waals surface area contributed by atoms with Gasteiger partial charge in [-0.1, -0.05) is 220 Å². The number of carbonyl (C=O) groups is 5. The molecule has 9 nitrogen and oxygen atoms in total. The van der Waals surface area contributed by atoms with Gasteiger partial charge in [0.15, 0.2) is 6.10 Å². The van der Waals surface area contributed by atoms with Gasteiger partial charge in [-0.05, 0) is 139 Å². The van der Waals surface area contributed by atoms with Crippen LogP contribution >= 0.6 is 0 Å². The zero-order valence-electron chi connectivity index (χ0n) is 52.7. The number of hydrogen-bond donors (Lipinski definition) is 0. The molecule has 0 saturated heterocycles. The predicted molar refractivity (Wildman–Crippen MR) is 324 cm³/mol. The van der Waals surface area contributed by atoms with Gasteiger partial charge in [0.2, 0.25) is 0 Å². The molecule has 0 N–H and O–H groups in total. The third-order valence-electron chi connectivity index (χ3n) is 20.7. The van der Waals surface area contributed by atoms with Crippen molar-refractivity contribution < 1.29 is 42.9 Å². The van der Waals surface area contributed by atoms with Crippen molar-refractivity contribution >= 4 is 29.7 Å². The maximum Gasteiger partial charge on any atom is 0.312 e. The first kappa shape index (κ1) is 69.0. The third kappa shape index (κ3) is 25.5.